The Kier molecular flexibility index (Phi) is 8.28. The lowest BCUT2D eigenvalue weighted by atomic mass is 10.0. The minimum atomic E-state index is -3.75. The van der Waals surface area contributed by atoms with Crippen LogP contribution in [0, 0.1) is 0 Å². The standard InChI is InChI=1S/C24H33N3O4S/c1-4-27(5-2)32(29,30)22-18-20(14-15-21(22)31-6-3)25-24(28)23(26-16-10-11-17-26)19-12-8-7-9-13-19/h7-9,12-15,18,23H,4-6,10-11,16-17H2,1-3H3,(H,25,28). The molecule has 8 heteroatoms. The normalized spacial score (nSPS) is 15.6. The molecule has 0 radical (unpaired) electrons. The molecule has 32 heavy (non-hydrogen) atoms. The molecule has 1 amide bonds. The molecule has 7 nitrogen and oxygen atoms in total. The van der Waals surface area contributed by atoms with E-state index in [2.05, 4.69) is 10.2 Å². The van der Waals surface area contributed by atoms with E-state index >= 15 is 0 Å². The first kappa shape index (κ1) is 24.2. The number of sulfonamides is 1. The number of benzene rings is 2. The van der Waals surface area contributed by atoms with Crippen molar-refractivity contribution in [3.63, 3.8) is 0 Å². The van der Waals surface area contributed by atoms with Crippen LogP contribution >= 0.6 is 0 Å². The SMILES string of the molecule is CCOc1ccc(NC(=O)C(c2ccccc2)N2CCCC2)cc1S(=O)(=O)N(CC)CC. The molecule has 2 aromatic carbocycles. The summed E-state index contributed by atoms with van der Waals surface area (Å²) in [4.78, 5) is 15.6. The van der Waals surface area contributed by atoms with Gasteiger partial charge >= 0.3 is 0 Å². The molecule has 0 spiro atoms. The predicted molar refractivity (Wildman–Crippen MR) is 126 cm³/mol. The third kappa shape index (κ3) is 5.31. The van der Waals surface area contributed by atoms with E-state index in [1.807, 2.05) is 37.3 Å². The maximum Gasteiger partial charge on any atom is 0.246 e. The molecule has 0 saturated carbocycles. The molecule has 0 bridgehead atoms. The van der Waals surface area contributed by atoms with E-state index in [-0.39, 0.29) is 16.6 Å². The summed E-state index contributed by atoms with van der Waals surface area (Å²) in [6.07, 6.45) is 2.12. The Labute approximate surface area is 191 Å². The fourth-order valence-corrected chi connectivity index (χ4v) is 5.75. The van der Waals surface area contributed by atoms with Crippen LogP contribution in [0.3, 0.4) is 0 Å². The van der Waals surface area contributed by atoms with Crippen LogP contribution in [0.4, 0.5) is 5.69 Å². The Bertz CT molecular complexity index is 1000. The highest BCUT2D eigenvalue weighted by Gasteiger charge is 2.31. The molecule has 1 saturated heterocycles. The molecule has 1 aliphatic rings. The fraction of sp³-hybridized carbons (Fsp3) is 0.458. The van der Waals surface area contributed by atoms with Gasteiger partial charge in [0.25, 0.3) is 0 Å². The number of nitrogens with one attached hydrogen (secondary N) is 1. The van der Waals surface area contributed by atoms with E-state index in [1.54, 1.807) is 26.0 Å². The van der Waals surface area contributed by atoms with Gasteiger partial charge in [0.1, 0.15) is 16.7 Å². The molecule has 2 aromatic rings. The van der Waals surface area contributed by atoms with Crippen molar-refractivity contribution in [3.05, 3.63) is 54.1 Å². The van der Waals surface area contributed by atoms with E-state index in [1.165, 1.54) is 10.4 Å². The minimum Gasteiger partial charge on any atom is -0.492 e. The van der Waals surface area contributed by atoms with Crippen molar-refractivity contribution in [2.45, 2.75) is 44.6 Å². The van der Waals surface area contributed by atoms with E-state index in [0.29, 0.717) is 25.4 Å². The number of hydrogen-bond donors (Lipinski definition) is 1. The van der Waals surface area contributed by atoms with Crippen LogP contribution in [0.2, 0.25) is 0 Å². The number of nitrogens with zero attached hydrogens (tertiary/aromatic N) is 2. The summed E-state index contributed by atoms with van der Waals surface area (Å²) in [6.45, 7) is 8.18. The van der Waals surface area contributed by atoms with Gasteiger partial charge < -0.3 is 10.1 Å². The van der Waals surface area contributed by atoms with Gasteiger partial charge in [0.2, 0.25) is 15.9 Å². The van der Waals surface area contributed by atoms with E-state index in [0.717, 1.165) is 31.5 Å². The van der Waals surface area contributed by atoms with E-state index in [9.17, 15) is 13.2 Å². The summed E-state index contributed by atoms with van der Waals surface area (Å²) in [5.74, 6) is 0.116. The first-order valence-electron chi connectivity index (χ1n) is 11.3. The van der Waals surface area contributed by atoms with Crippen molar-refractivity contribution in [1.29, 1.82) is 0 Å². The van der Waals surface area contributed by atoms with Gasteiger partial charge in [-0.1, -0.05) is 44.2 Å². The average molecular weight is 460 g/mol. The first-order valence-corrected chi connectivity index (χ1v) is 12.7. The molecule has 3 rings (SSSR count). The van der Waals surface area contributed by atoms with Gasteiger partial charge in [-0.3, -0.25) is 9.69 Å². The summed E-state index contributed by atoms with van der Waals surface area (Å²) in [6, 6.07) is 14.1. The Morgan fingerprint density at radius 3 is 2.31 bits per heavy atom. The zero-order valence-corrected chi connectivity index (χ0v) is 19.9. The van der Waals surface area contributed by atoms with Gasteiger partial charge in [-0.15, -0.1) is 0 Å². The Hall–Kier alpha value is -2.42. The van der Waals surface area contributed by atoms with Gasteiger partial charge in [-0.25, -0.2) is 8.42 Å². The smallest absolute Gasteiger partial charge is 0.246 e. The Morgan fingerprint density at radius 1 is 1.06 bits per heavy atom. The maximum absolute atomic E-state index is 13.4. The Balaban J connectivity index is 1.94. The molecule has 1 N–H and O–H groups in total. The van der Waals surface area contributed by atoms with Crippen molar-refractivity contribution in [1.82, 2.24) is 9.21 Å². The van der Waals surface area contributed by atoms with Crippen molar-refractivity contribution in [2.24, 2.45) is 0 Å². The van der Waals surface area contributed by atoms with Gasteiger partial charge in [0, 0.05) is 18.8 Å². The lowest BCUT2D eigenvalue weighted by Crippen LogP contribution is -2.35. The summed E-state index contributed by atoms with van der Waals surface area (Å²) < 4.78 is 33.4. The third-order valence-electron chi connectivity index (χ3n) is 5.70. The maximum atomic E-state index is 13.4. The number of hydrogen-bond acceptors (Lipinski definition) is 5. The largest absolute Gasteiger partial charge is 0.492 e. The molecule has 1 heterocycles. The summed E-state index contributed by atoms with van der Waals surface area (Å²) in [5.41, 5.74) is 1.36. The molecule has 1 atom stereocenters. The average Bonchev–Trinajstić information content (AvgIpc) is 3.30. The fourth-order valence-electron chi connectivity index (χ4n) is 4.14. The minimum absolute atomic E-state index is 0.0679. The third-order valence-corrected chi connectivity index (χ3v) is 7.77. The number of rotatable bonds is 10. The number of anilines is 1. The number of carbonyl (C=O) groups is 1. The van der Waals surface area contributed by atoms with E-state index < -0.39 is 16.1 Å². The molecule has 1 fully saturated rings. The Morgan fingerprint density at radius 2 is 1.72 bits per heavy atom. The van der Waals surface area contributed by atoms with E-state index in [4.69, 9.17) is 4.74 Å². The zero-order valence-electron chi connectivity index (χ0n) is 19.1. The van der Waals surface area contributed by atoms with Crippen LogP contribution in [0.25, 0.3) is 0 Å². The van der Waals surface area contributed by atoms with Crippen LogP contribution < -0.4 is 10.1 Å². The summed E-state index contributed by atoms with van der Waals surface area (Å²) in [7, 11) is -3.75. The van der Waals surface area contributed by atoms with Crippen LogP contribution in [-0.4, -0.2) is 56.3 Å². The number of ether oxygens (including phenoxy) is 1. The quantitative estimate of drug-likeness (QED) is 0.583. The molecular formula is C24H33N3O4S. The van der Waals surface area contributed by atoms with Crippen molar-refractivity contribution in [3.8, 4) is 5.75 Å². The topological polar surface area (TPSA) is 79.0 Å². The predicted octanol–water partition coefficient (Wildman–Crippen LogP) is 3.89. The molecule has 1 aliphatic heterocycles. The van der Waals surface area contributed by atoms with Crippen molar-refractivity contribution in [2.75, 3.05) is 38.1 Å². The van der Waals surface area contributed by atoms with Gasteiger partial charge in [-0.05, 0) is 56.6 Å². The highest BCUT2D eigenvalue weighted by atomic mass is 32.2. The van der Waals surface area contributed by atoms with Crippen LogP contribution in [0.15, 0.2) is 53.4 Å². The summed E-state index contributed by atoms with van der Waals surface area (Å²) >= 11 is 0. The van der Waals surface area contributed by atoms with Crippen LogP contribution in [0.1, 0.15) is 45.2 Å². The monoisotopic (exact) mass is 459 g/mol. The second-order valence-electron chi connectivity index (χ2n) is 7.73. The number of carbonyl (C=O) groups excluding carboxylic acids is 1. The second-order valence-corrected chi connectivity index (χ2v) is 9.64. The second kappa shape index (κ2) is 10.9. The lowest BCUT2D eigenvalue weighted by Gasteiger charge is -2.27. The number of likely N-dealkylation sites (tertiary alicyclic amines) is 1. The van der Waals surface area contributed by atoms with Crippen LogP contribution in [0.5, 0.6) is 5.75 Å². The van der Waals surface area contributed by atoms with Gasteiger partial charge in [0.15, 0.2) is 0 Å². The van der Waals surface area contributed by atoms with Crippen molar-refractivity contribution < 1.29 is 17.9 Å². The van der Waals surface area contributed by atoms with Gasteiger partial charge in [0.05, 0.1) is 6.61 Å². The molecular weight excluding hydrogens is 426 g/mol. The van der Waals surface area contributed by atoms with Gasteiger partial charge in [-0.2, -0.15) is 4.31 Å². The highest BCUT2D eigenvalue weighted by Crippen LogP contribution is 2.32. The molecule has 0 aromatic heterocycles. The first-order chi connectivity index (χ1) is 15.4. The van der Waals surface area contributed by atoms with Crippen LogP contribution in [-0.2, 0) is 14.8 Å². The summed E-state index contributed by atoms with van der Waals surface area (Å²) in [5, 5.41) is 2.96. The number of amides is 1. The highest BCUT2D eigenvalue weighted by molar-refractivity contribution is 7.89. The molecule has 1 unspecified atom stereocenters. The molecule has 0 aliphatic carbocycles. The zero-order chi connectivity index (χ0) is 23.1. The lowest BCUT2D eigenvalue weighted by molar-refractivity contribution is -0.121. The molecule has 174 valence electrons. The van der Waals surface area contributed by atoms with Crippen molar-refractivity contribution >= 4 is 21.6 Å².